The number of anilines is 2. The second-order valence-corrected chi connectivity index (χ2v) is 3.02. The minimum absolute atomic E-state index is 0.296. The normalized spacial score (nSPS) is 10.3. The first-order chi connectivity index (χ1) is 5.46. The van der Waals surface area contributed by atoms with E-state index in [0.717, 1.165) is 5.56 Å². The van der Waals surface area contributed by atoms with E-state index in [-0.39, 0.29) is 5.82 Å². The Labute approximate surface area is 71.4 Å². The van der Waals surface area contributed by atoms with Gasteiger partial charge in [-0.1, -0.05) is 0 Å². The maximum absolute atomic E-state index is 13.3. The number of halogens is 1. The number of hydrogen-bond donors (Lipinski definition) is 2. The lowest BCUT2D eigenvalue weighted by molar-refractivity contribution is 0.610. The number of nitrogen functional groups attached to an aromatic ring is 2. The van der Waals surface area contributed by atoms with Crippen LogP contribution in [0, 0.1) is 26.6 Å². The summed E-state index contributed by atoms with van der Waals surface area (Å²) in [6, 6.07) is 0. The lowest BCUT2D eigenvalue weighted by Gasteiger charge is -2.12. The van der Waals surface area contributed by atoms with Gasteiger partial charge in [0.1, 0.15) is 5.82 Å². The van der Waals surface area contributed by atoms with Crippen LogP contribution < -0.4 is 11.5 Å². The van der Waals surface area contributed by atoms with Gasteiger partial charge < -0.3 is 11.5 Å². The van der Waals surface area contributed by atoms with Gasteiger partial charge in [-0.15, -0.1) is 0 Å². The van der Waals surface area contributed by atoms with Gasteiger partial charge in [0.15, 0.2) is 0 Å². The Bertz CT molecular complexity index is 227. The van der Waals surface area contributed by atoms with Crippen molar-refractivity contribution < 1.29 is 4.39 Å². The largest absolute Gasteiger partial charge is 0.398 e. The van der Waals surface area contributed by atoms with Crippen molar-refractivity contribution in [3.05, 3.63) is 22.5 Å². The van der Waals surface area contributed by atoms with Crippen LogP contribution in [0.2, 0.25) is 0 Å². The molecule has 0 spiro atoms. The summed E-state index contributed by atoms with van der Waals surface area (Å²) in [7, 11) is 0. The first-order valence-electron chi connectivity index (χ1n) is 3.77. The minimum atomic E-state index is -0.296. The van der Waals surface area contributed by atoms with Crippen LogP contribution in [0.3, 0.4) is 0 Å². The van der Waals surface area contributed by atoms with Gasteiger partial charge in [-0.25, -0.2) is 4.39 Å². The lowest BCUT2D eigenvalue weighted by Crippen LogP contribution is -2.04. The van der Waals surface area contributed by atoms with Gasteiger partial charge in [-0.05, 0) is 26.3 Å². The standard InChI is InChI=1S/C9H13FN2/c1-4-7(10)5(2)9(12)6(3)8(4)11/h11-12H2,1-3H3. The van der Waals surface area contributed by atoms with E-state index in [2.05, 4.69) is 0 Å². The van der Waals surface area contributed by atoms with E-state index in [0.29, 0.717) is 22.5 Å². The Morgan fingerprint density at radius 1 is 0.833 bits per heavy atom. The Hall–Kier alpha value is -1.25. The second kappa shape index (κ2) is 2.66. The third kappa shape index (κ3) is 1.02. The molecule has 66 valence electrons. The second-order valence-electron chi connectivity index (χ2n) is 3.02. The molecule has 0 aliphatic heterocycles. The molecule has 3 heteroatoms. The quantitative estimate of drug-likeness (QED) is 0.581. The van der Waals surface area contributed by atoms with Crippen LogP contribution in [-0.2, 0) is 0 Å². The zero-order valence-corrected chi connectivity index (χ0v) is 7.53. The van der Waals surface area contributed by atoms with Crippen LogP contribution in [0.5, 0.6) is 0 Å². The van der Waals surface area contributed by atoms with Crippen LogP contribution in [-0.4, -0.2) is 0 Å². The summed E-state index contributed by atoms with van der Waals surface area (Å²) >= 11 is 0. The minimum Gasteiger partial charge on any atom is -0.398 e. The summed E-state index contributed by atoms with van der Waals surface area (Å²) in [5.41, 5.74) is 13.9. The van der Waals surface area contributed by atoms with E-state index < -0.39 is 0 Å². The Morgan fingerprint density at radius 3 is 1.50 bits per heavy atom. The molecule has 0 aliphatic carbocycles. The zero-order valence-electron chi connectivity index (χ0n) is 7.53. The summed E-state index contributed by atoms with van der Waals surface area (Å²) in [5.74, 6) is -0.296. The summed E-state index contributed by atoms with van der Waals surface area (Å²) < 4.78 is 13.3. The Balaban J connectivity index is 3.60. The number of nitrogens with two attached hydrogens (primary N) is 2. The summed E-state index contributed by atoms with van der Waals surface area (Å²) in [5, 5.41) is 0. The third-order valence-electron chi connectivity index (χ3n) is 2.27. The van der Waals surface area contributed by atoms with Gasteiger partial charge in [0.2, 0.25) is 0 Å². The van der Waals surface area contributed by atoms with Crippen molar-refractivity contribution in [1.82, 2.24) is 0 Å². The van der Waals surface area contributed by atoms with E-state index in [1.165, 1.54) is 0 Å². The molecule has 0 amide bonds. The molecule has 1 rings (SSSR count). The fourth-order valence-corrected chi connectivity index (χ4v) is 1.23. The highest BCUT2D eigenvalue weighted by Gasteiger charge is 2.12. The molecule has 0 saturated heterocycles. The monoisotopic (exact) mass is 168 g/mol. The molecular formula is C9H13FN2. The van der Waals surface area contributed by atoms with Crippen molar-refractivity contribution in [3.8, 4) is 0 Å². The van der Waals surface area contributed by atoms with Crippen LogP contribution in [0.1, 0.15) is 16.7 Å². The SMILES string of the molecule is Cc1c(N)c(C)c(F)c(C)c1N. The topological polar surface area (TPSA) is 52.0 Å². The van der Waals surface area contributed by atoms with Crippen LogP contribution in [0.15, 0.2) is 0 Å². The third-order valence-corrected chi connectivity index (χ3v) is 2.27. The van der Waals surface area contributed by atoms with E-state index in [1.807, 2.05) is 0 Å². The van der Waals surface area contributed by atoms with Crippen molar-refractivity contribution in [2.75, 3.05) is 11.5 Å². The fourth-order valence-electron chi connectivity index (χ4n) is 1.23. The predicted octanol–water partition coefficient (Wildman–Crippen LogP) is 1.92. The van der Waals surface area contributed by atoms with Gasteiger partial charge in [-0.3, -0.25) is 0 Å². The summed E-state index contributed by atoms with van der Waals surface area (Å²) in [6.45, 7) is 5.11. The van der Waals surface area contributed by atoms with Crippen molar-refractivity contribution >= 4 is 11.4 Å². The van der Waals surface area contributed by atoms with Crippen LogP contribution in [0.25, 0.3) is 0 Å². The average Bonchev–Trinajstić information content (AvgIpc) is 2.08. The molecule has 12 heavy (non-hydrogen) atoms. The Kier molecular flexibility index (Phi) is 1.96. The van der Waals surface area contributed by atoms with Crippen molar-refractivity contribution in [2.45, 2.75) is 20.8 Å². The first-order valence-corrected chi connectivity index (χ1v) is 3.77. The molecule has 1 aromatic rings. The molecule has 2 nitrogen and oxygen atoms in total. The molecule has 0 saturated carbocycles. The van der Waals surface area contributed by atoms with Gasteiger partial charge in [0.05, 0.1) is 0 Å². The van der Waals surface area contributed by atoms with Crippen molar-refractivity contribution in [1.29, 1.82) is 0 Å². The molecule has 0 atom stereocenters. The average molecular weight is 168 g/mol. The van der Waals surface area contributed by atoms with E-state index in [9.17, 15) is 4.39 Å². The van der Waals surface area contributed by atoms with Gasteiger partial charge in [-0.2, -0.15) is 0 Å². The lowest BCUT2D eigenvalue weighted by atomic mass is 10.0. The predicted molar refractivity (Wildman–Crippen MR) is 49.4 cm³/mol. The maximum Gasteiger partial charge on any atom is 0.133 e. The summed E-state index contributed by atoms with van der Waals surface area (Å²) in [4.78, 5) is 0. The van der Waals surface area contributed by atoms with Crippen LogP contribution in [0.4, 0.5) is 15.8 Å². The molecule has 0 unspecified atom stereocenters. The molecule has 4 N–H and O–H groups in total. The highest BCUT2D eigenvalue weighted by atomic mass is 19.1. The number of benzene rings is 1. The van der Waals surface area contributed by atoms with E-state index in [4.69, 9.17) is 11.5 Å². The van der Waals surface area contributed by atoms with Crippen molar-refractivity contribution in [2.24, 2.45) is 0 Å². The van der Waals surface area contributed by atoms with Crippen molar-refractivity contribution in [3.63, 3.8) is 0 Å². The Morgan fingerprint density at radius 2 is 1.17 bits per heavy atom. The van der Waals surface area contributed by atoms with E-state index in [1.54, 1.807) is 20.8 Å². The molecule has 0 radical (unpaired) electrons. The highest BCUT2D eigenvalue weighted by Crippen LogP contribution is 2.29. The molecule has 0 heterocycles. The number of rotatable bonds is 0. The maximum atomic E-state index is 13.3. The van der Waals surface area contributed by atoms with Gasteiger partial charge in [0, 0.05) is 22.5 Å². The molecule has 1 aromatic carbocycles. The number of hydrogen-bond acceptors (Lipinski definition) is 2. The first kappa shape index (κ1) is 8.84. The van der Waals surface area contributed by atoms with Gasteiger partial charge >= 0.3 is 0 Å². The highest BCUT2D eigenvalue weighted by molar-refractivity contribution is 5.68. The van der Waals surface area contributed by atoms with Gasteiger partial charge in [0.25, 0.3) is 0 Å². The fraction of sp³-hybridized carbons (Fsp3) is 0.333. The van der Waals surface area contributed by atoms with E-state index >= 15 is 0 Å². The summed E-state index contributed by atoms with van der Waals surface area (Å²) in [6.07, 6.45) is 0. The van der Waals surface area contributed by atoms with Crippen LogP contribution >= 0.6 is 0 Å². The molecule has 0 aliphatic rings. The molecule has 0 aromatic heterocycles. The zero-order chi connectivity index (χ0) is 9.46. The molecule has 0 fully saturated rings. The molecular weight excluding hydrogens is 155 g/mol. The smallest absolute Gasteiger partial charge is 0.133 e. The molecule has 0 bridgehead atoms.